The third-order valence-electron chi connectivity index (χ3n) is 2.07. The van der Waals surface area contributed by atoms with Crippen LogP contribution in [0.1, 0.15) is 26.6 Å². The summed E-state index contributed by atoms with van der Waals surface area (Å²) in [4.78, 5) is 10.9. The van der Waals surface area contributed by atoms with E-state index < -0.39 is 0 Å². The molecule has 3 nitrogen and oxygen atoms in total. The Bertz CT molecular complexity index is 326. The molecule has 1 rings (SSSR count). The highest BCUT2D eigenvalue weighted by Crippen LogP contribution is 2.16. The van der Waals surface area contributed by atoms with Gasteiger partial charge >= 0.3 is 0 Å². The van der Waals surface area contributed by atoms with E-state index in [0.29, 0.717) is 5.92 Å². The molecule has 0 aliphatic carbocycles. The number of aryl methyl sites for hydroxylation is 1. The van der Waals surface area contributed by atoms with Gasteiger partial charge in [-0.2, -0.15) is 0 Å². The largest absolute Gasteiger partial charge is 0.359 e. The van der Waals surface area contributed by atoms with Crippen LogP contribution in [0.3, 0.4) is 0 Å². The molecule has 0 radical (unpaired) electrons. The highest BCUT2D eigenvalue weighted by molar-refractivity contribution is 9.10. The van der Waals surface area contributed by atoms with Crippen molar-refractivity contribution in [3.05, 3.63) is 16.5 Å². The summed E-state index contributed by atoms with van der Waals surface area (Å²) >= 11 is 3.41. The highest BCUT2D eigenvalue weighted by atomic mass is 79.9. The van der Waals surface area contributed by atoms with Gasteiger partial charge in [0.25, 0.3) is 0 Å². The third kappa shape index (κ3) is 3.78. The van der Waals surface area contributed by atoms with Crippen molar-refractivity contribution in [1.29, 1.82) is 0 Å². The van der Waals surface area contributed by atoms with Crippen molar-refractivity contribution in [2.24, 2.45) is 5.92 Å². The number of aromatic nitrogens is 2. The maximum Gasteiger partial charge on any atom is 0.133 e. The fourth-order valence-electron chi connectivity index (χ4n) is 1.45. The summed E-state index contributed by atoms with van der Waals surface area (Å²) in [6.07, 6.45) is 0.863. The third-order valence-corrected chi connectivity index (χ3v) is 2.48. The lowest BCUT2D eigenvalue weighted by atomic mass is 10.2. The average molecular weight is 272 g/mol. The maximum atomic E-state index is 4.49. The minimum atomic E-state index is 0.633. The smallest absolute Gasteiger partial charge is 0.133 e. The van der Waals surface area contributed by atoms with E-state index in [9.17, 15) is 0 Å². The van der Waals surface area contributed by atoms with Crippen molar-refractivity contribution in [1.82, 2.24) is 9.97 Å². The molecule has 0 fully saturated rings. The lowest BCUT2D eigenvalue weighted by Gasteiger charge is -2.20. The first-order chi connectivity index (χ1) is 7.02. The molecule has 0 aliphatic rings. The van der Waals surface area contributed by atoms with Gasteiger partial charge in [-0.25, -0.2) is 9.97 Å². The molecular formula is C11H18BrN3. The molecule has 0 saturated heterocycles. The average Bonchev–Trinajstić information content (AvgIpc) is 2.15. The first kappa shape index (κ1) is 12.4. The van der Waals surface area contributed by atoms with Crippen LogP contribution in [0, 0.1) is 5.92 Å². The van der Waals surface area contributed by atoms with Crippen molar-refractivity contribution in [3.8, 4) is 0 Å². The van der Waals surface area contributed by atoms with Gasteiger partial charge in [-0.1, -0.05) is 20.8 Å². The van der Waals surface area contributed by atoms with Crippen LogP contribution < -0.4 is 4.90 Å². The van der Waals surface area contributed by atoms with Crippen molar-refractivity contribution in [3.63, 3.8) is 0 Å². The second-order valence-corrected chi connectivity index (χ2v) is 4.91. The number of halogens is 1. The van der Waals surface area contributed by atoms with Gasteiger partial charge in [0.05, 0.1) is 0 Å². The minimum Gasteiger partial charge on any atom is -0.359 e. The van der Waals surface area contributed by atoms with Gasteiger partial charge < -0.3 is 4.90 Å². The predicted molar refractivity (Wildman–Crippen MR) is 67.2 cm³/mol. The van der Waals surface area contributed by atoms with Crippen LogP contribution >= 0.6 is 15.9 Å². The number of hydrogen-bond donors (Lipinski definition) is 0. The SMILES string of the molecule is CCc1nc(Br)cc(N(C)CC(C)C)n1. The Labute approximate surface area is 100 Å². The van der Waals surface area contributed by atoms with Crippen LogP contribution in [-0.2, 0) is 6.42 Å². The Kier molecular flexibility index (Phi) is 4.51. The fraction of sp³-hybridized carbons (Fsp3) is 0.636. The standard InChI is InChI=1S/C11H18BrN3/c1-5-10-13-9(12)6-11(14-10)15(4)7-8(2)3/h6,8H,5,7H2,1-4H3. The molecule has 0 aliphatic heterocycles. The van der Waals surface area contributed by atoms with Crippen molar-refractivity contribution < 1.29 is 0 Å². The van der Waals surface area contributed by atoms with Gasteiger partial charge in [-0.15, -0.1) is 0 Å². The lowest BCUT2D eigenvalue weighted by Crippen LogP contribution is -2.24. The molecular weight excluding hydrogens is 254 g/mol. The van der Waals surface area contributed by atoms with Crippen molar-refractivity contribution in [2.45, 2.75) is 27.2 Å². The minimum absolute atomic E-state index is 0.633. The molecule has 0 aromatic carbocycles. The van der Waals surface area contributed by atoms with E-state index in [0.717, 1.165) is 29.2 Å². The second kappa shape index (κ2) is 5.45. The summed E-state index contributed by atoms with van der Waals surface area (Å²) in [7, 11) is 2.06. The fourth-order valence-corrected chi connectivity index (χ4v) is 1.86. The monoisotopic (exact) mass is 271 g/mol. The first-order valence-electron chi connectivity index (χ1n) is 5.27. The Morgan fingerprint density at radius 3 is 2.60 bits per heavy atom. The van der Waals surface area contributed by atoms with Gasteiger partial charge in [0, 0.05) is 26.1 Å². The van der Waals surface area contributed by atoms with E-state index in [1.165, 1.54) is 0 Å². The summed E-state index contributed by atoms with van der Waals surface area (Å²) < 4.78 is 0.861. The highest BCUT2D eigenvalue weighted by Gasteiger charge is 2.07. The van der Waals surface area contributed by atoms with Gasteiger partial charge in [0.15, 0.2) is 0 Å². The molecule has 4 heteroatoms. The Morgan fingerprint density at radius 1 is 1.40 bits per heavy atom. The number of hydrogen-bond acceptors (Lipinski definition) is 3. The van der Waals surface area contributed by atoms with Crippen molar-refractivity contribution in [2.75, 3.05) is 18.5 Å². The molecule has 84 valence electrons. The summed E-state index contributed by atoms with van der Waals surface area (Å²) in [5, 5.41) is 0. The van der Waals surface area contributed by atoms with Crippen LogP contribution in [-0.4, -0.2) is 23.6 Å². The molecule has 0 amide bonds. The molecule has 0 spiro atoms. The van der Waals surface area contributed by atoms with Gasteiger partial charge in [0.1, 0.15) is 16.2 Å². The molecule has 0 bridgehead atoms. The molecule has 0 saturated carbocycles. The maximum absolute atomic E-state index is 4.49. The predicted octanol–water partition coefficient (Wildman–Crippen LogP) is 2.89. The van der Waals surface area contributed by atoms with Crippen LogP contribution in [0.25, 0.3) is 0 Å². The zero-order valence-electron chi connectivity index (χ0n) is 9.79. The lowest BCUT2D eigenvalue weighted by molar-refractivity contribution is 0.633. The van der Waals surface area contributed by atoms with Crippen LogP contribution in [0.4, 0.5) is 5.82 Å². The molecule has 0 atom stereocenters. The second-order valence-electron chi connectivity index (χ2n) is 4.09. The number of anilines is 1. The van der Waals surface area contributed by atoms with E-state index in [1.54, 1.807) is 0 Å². The molecule has 1 aromatic rings. The Hall–Kier alpha value is -0.640. The number of rotatable bonds is 4. The quantitative estimate of drug-likeness (QED) is 0.789. The zero-order valence-corrected chi connectivity index (χ0v) is 11.4. The normalized spacial score (nSPS) is 10.8. The van der Waals surface area contributed by atoms with Crippen LogP contribution in [0.2, 0.25) is 0 Å². The van der Waals surface area contributed by atoms with Gasteiger partial charge in [-0.3, -0.25) is 0 Å². The van der Waals surface area contributed by atoms with E-state index in [-0.39, 0.29) is 0 Å². The van der Waals surface area contributed by atoms with E-state index in [4.69, 9.17) is 0 Å². The summed E-state index contributed by atoms with van der Waals surface area (Å²) in [6.45, 7) is 7.47. The Morgan fingerprint density at radius 2 is 2.07 bits per heavy atom. The molecule has 1 aromatic heterocycles. The Balaban J connectivity index is 2.88. The van der Waals surface area contributed by atoms with Gasteiger partial charge in [-0.05, 0) is 21.8 Å². The summed E-state index contributed by atoms with van der Waals surface area (Å²) in [6, 6.07) is 1.96. The zero-order chi connectivity index (χ0) is 11.4. The first-order valence-corrected chi connectivity index (χ1v) is 6.06. The molecule has 0 N–H and O–H groups in total. The topological polar surface area (TPSA) is 29.0 Å². The van der Waals surface area contributed by atoms with Crippen LogP contribution in [0.5, 0.6) is 0 Å². The van der Waals surface area contributed by atoms with E-state index in [1.807, 2.05) is 6.07 Å². The van der Waals surface area contributed by atoms with Crippen LogP contribution in [0.15, 0.2) is 10.7 Å². The number of nitrogens with zero attached hydrogens (tertiary/aromatic N) is 3. The molecule has 1 heterocycles. The summed E-state index contributed by atoms with van der Waals surface area (Å²) in [5.74, 6) is 2.51. The summed E-state index contributed by atoms with van der Waals surface area (Å²) in [5.41, 5.74) is 0. The molecule has 15 heavy (non-hydrogen) atoms. The van der Waals surface area contributed by atoms with E-state index in [2.05, 4.69) is 58.6 Å². The van der Waals surface area contributed by atoms with E-state index >= 15 is 0 Å². The molecule has 0 unspecified atom stereocenters. The van der Waals surface area contributed by atoms with Gasteiger partial charge in [0.2, 0.25) is 0 Å². The van der Waals surface area contributed by atoms with Crippen molar-refractivity contribution >= 4 is 21.7 Å².